The molecular weight excluding hydrogens is 674 g/mol. The van der Waals surface area contributed by atoms with Gasteiger partial charge < -0.3 is 30.1 Å². The summed E-state index contributed by atoms with van der Waals surface area (Å²) in [5, 5.41) is 13.3. The average Bonchev–Trinajstić information content (AvgIpc) is 3.86. The molecule has 3 N–H and O–H groups in total. The fourth-order valence-electron chi connectivity index (χ4n) is 7.29. The van der Waals surface area contributed by atoms with Crippen molar-refractivity contribution in [1.82, 2.24) is 20.9 Å². The highest BCUT2D eigenvalue weighted by atomic mass is 35.5. The van der Waals surface area contributed by atoms with Gasteiger partial charge in [0.15, 0.2) is 5.60 Å². The van der Waals surface area contributed by atoms with Crippen LogP contribution in [0.25, 0.3) is 0 Å². The molecular formula is C38H50ClN5O7. The standard InChI is InChI=1S/C38H50ClN5O7/c1-5-11-28(32(46)35(48)40-22-27-16-10-17-50-27)41-34(47)30-21-38(20-29(43-51-38)25-14-9-15-26(39)19-25)23-44(30)36(49)33(37(2,3)4)42-31(45)18-24-12-7-6-8-13-24/h9-10,14-17,19,24,28,30,33H,5-8,11-13,18,20-23H2,1-4H3,(H,40,48)(H,41,47)(H,42,45)/t28-,30-,33+,38+/m0/s1. The first-order valence-corrected chi connectivity index (χ1v) is 18.4. The lowest BCUT2D eigenvalue weighted by molar-refractivity contribution is -0.145. The minimum absolute atomic E-state index is 0.0186. The summed E-state index contributed by atoms with van der Waals surface area (Å²) >= 11 is 6.26. The molecule has 13 heteroatoms. The molecule has 1 aliphatic carbocycles. The number of Topliss-reactive ketones (excluding diaryl/α,β-unsaturated/α-hetero) is 1. The molecule has 2 aromatic rings. The van der Waals surface area contributed by atoms with E-state index in [0.29, 0.717) is 35.8 Å². The third-order valence-electron chi connectivity index (χ3n) is 10.0. The van der Waals surface area contributed by atoms with Gasteiger partial charge >= 0.3 is 0 Å². The van der Waals surface area contributed by atoms with E-state index in [1.54, 1.807) is 24.3 Å². The van der Waals surface area contributed by atoms with E-state index in [2.05, 4.69) is 21.1 Å². The molecule has 4 amide bonds. The Bertz CT molecular complexity index is 1610. The van der Waals surface area contributed by atoms with Crippen molar-refractivity contribution in [3.63, 3.8) is 0 Å². The predicted octanol–water partition coefficient (Wildman–Crippen LogP) is 5.07. The van der Waals surface area contributed by atoms with Crippen LogP contribution in [-0.2, 0) is 35.4 Å². The van der Waals surface area contributed by atoms with Gasteiger partial charge in [0.1, 0.15) is 17.8 Å². The molecule has 1 saturated heterocycles. The Labute approximate surface area is 304 Å². The lowest BCUT2D eigenvalue weighted by Gasteiger charge is -2.36. The second-order valence-corrected chi connectivity index (χ2v) is 15.7. The number of carbonyl (C=O) groups excluding carboxylic acids is 5. The van der Waals surface area contributed by atoms with Gasteiger partial charge in [-0.1, -0.05) is 82.3 Å². The number of likely N-dealkylation sites (tertiary alicyclic amines) is 1. The molecule has 0 radical (unpaired) electrons. The predicted molar refractivity (Wildman–Crippen MR) is 192 cm³/mol. The van der Waals surface area contributed by atoms with E-state index >= 15 is 0 Å². The van der Waals surface area contributed by atoms with Crippen molar-refractivity contribution >= 4 is 46.7 Å². The third-order valence-corrected chi connectivity index (χ3v) is 10.3. The van der Waals surface area contributed by atoms with Crippen molar-refractivity contribution in [2.45, 2.75) is 122 Å². The summed E-state index contributed by atoms with van der Waals surface area (Å²) in [7, 11) is 0. The van der Waals surface area contributed by atoms with Crippen molar-refractivity contribution in [3.8, 4) is 0 Å². The molecule has 276 valence electrons. The summed E-state index contributed by atoms with van der Waals surface area (Å²) in [4.78, 5) is 75.9. The van der Waals surface area contributed by atoms with Gasteiger partial charge in [0.05, 0.1) is 31.1 Å². The first kappa shape index (κ1) is 38.1. The van der Waals surface area contributed by atoms with Crippen molar-refractivity contribution in [1.29, 1.82) is 0 Å². The first-order chi connectivity index (χ1) is 24.3. The smallest absolute Gasteiger partial charge is 0.289 e. The molecule has 3 aliphatic rings. The normalized spacial score (nSPS) is 21.8. The van der Waals surface area contributed by atoms with E-state index in [0.717, 1.165) is 31.2 Å². The maximum atomic E-state index is 14.6. The molecule has 1 spiro atoms. The van der Waals surface area contributed by atoms with Gasteiger partial charge in [0, 0.05) is 29.8 Å². The summed E-state index contributed by atoms with van der Waals surface area (Å²) in [6.07, 6.45) is 8.27. The van der Waals surface area contributed by atoms with Crippen LogP contribution in [0.5, 0.6) is 0 Å². The average molecular weight is 724 g/mol. The number of halogens is 1. The number of furan rings is 1. The van der Waals surface area contributed by atoms with Crippen LogP contribution in [0.4, 0.5) is 0 Å². The minimum Gasteiger partial charge on any atom is -0.467 e. The molecule has 1 aromatic heterocycles. The van der Waals surface area contributed by atoms with Gasteiger partial charge in [-0.25, -0.2) is 0 Å². The highest BCUT2D eigenvalue weighted by molar-refractivity contribution is 6.38. The van der Waals surface area contributed by atoms with Gasteiger partial charge in [0.2, 0.25) is 23.5 Å². The summed E-state index contributed by atoms with van der Waals surface area (Å²) in [5.41, 5.74) is -0.329. The van der Waals surface area contributed by atoms with Crippen LogP contribution < -0.4 is 16.0 Å². The van der Waals surface area contributed by atoms with Gasteiger partial charge in [-0.05, 0) is 54.9 Å². The first-order valence-electron chi connectivity index (χ1n) is 18.0. The van der Waals surface area contributed by atoms with Crippen molar-refractivity contribution in [2.24, 2.45) is 16.5 Å². The van der Waals surface area contributed by atoms with E-state index in [-0.39, 0.29) is 37.8 Å². The zero-order chi connectivity index (χ0) is 36.8. The maximum absolute atomic E-state index is 14.6. The third kappa shape index (κ3) is 9.58. The van der Waals surface area contributed by atoms with Crippen LogP contribution >= 0.6 is 11.6 Å². The van der Waals surface area contributed by atoms with Crippen LogP contribution in [0.2, 0.25) is 5.02 Å². The Morgan fingerprint density at radius 1 is 1.06 bits per heavy atom. The molecule has 0 bridgehead atoms. The number of benzene rings is 1. The molecule has 2 aliphatic heterocycles. The summed E-state index contributed by atoms with van der Waals surface area (Å²) in [5.74, 6) is -2.10. The summed E-state index contributed by atoms with van der Waals surface area (Å²) < 4.78 is 5.24. The Hall–Kier alpha value is -4.19. The quantitative estimate of drug-likeness (QED) is 0.244. The molecule has 4 atom stereocenters. The molecule has 12 nitrogen and oxygen atoms in total. The monoisotopic (exact) mass is 723 g/mol. The second kappa shape index (κ2) is 16.4. The maximum Gasteiger partial charge on any atom is 0.289 e. The number of rotatable bonds is 13. The topological polar surface area (TPSA) is 159 Å². The number of nitrogens with one attached hydrogen (secondary N) is 3. The highest BCUT2D eigenvalue weighted by Crippen LogP contribution is 2.40. The Balaban J connectivity index is 1.37. The SMILES string of the molecule is CCC[C@H](NC(=O)[C@@H]1C[C@]2(CC(c3cccc(Cl)c3)=NO2)CN1C(=O)[C@@H](NC(=O)CC1CCCCC1)C(C)(C)C)C(=O)C(=O)NCc1ccco1. The largest absolute Gasteiger partial charge is 0.467 e. The van der Waals surface area contributed by atoms with Crippen molar-refractivity contribution < 1.29 is 33.2 Å². The number of hydrogen-bond donors (Lipinski definition) is 3. The van der Waals surface area contributed by atoms with Crippen LogP contribution in [-0.4, -0.2) is 70.3 Å². The Morgan fingerprint density at radius 3 is 2.49 bits per heavy atom. The fourth-order valence-corrected chi connectivity index (χ4v) is 7.48. The van der Waals surface area contributed by atoms with Gasteiger partial charge in [0.25, 0.3) is 5.91 Å². The Kier molecular flexibility index (Phi) is 12.3. The fraction of sp³-hybridized carbons (Fsp3) is 0.579. The van der Waals surface area contributed by atoms with E-state index in [9.17, 15) is 24.0 Å². The van der Waals surface area contributed by atoms with Gasteiger partial charge in [-0.2, -0.15) is 0 Å². The second-order valence-electron chi connectivity index (χ2n) is 15.2. The van der Waals surface area contributed by atoms with E-state index < -0.39 is 52.6 Å². The lowest BCUT2D eigenvalue weighted by atomic mass is 9.84. The lowest BCUT2D eigenvalue weighted by Crippen LogP contribution is -2.59. The van der Waals surface area contributed by atoms with Crippen LogP contribution in [0.3, 0.4) is 0 Å². The molecule has 0 unspecified atom stereocenters. The zero-order valence-corrected chi connectivity index (χ0v) is 30.7. The molecule has 51 heavy (non-hydrogen) atoms. The van der Waals surface area contributed by atoms with Crippen LogP contribution in [0.15, 0.2) is 52.2 Å². The van der Waals surface area contributed by atoms with Crippen molar-refractivity contribution in [2.75, 3.05) is 6.54 Å². The number of oxime groups is 1. The number of amides is 4. The number of carbonyl (C=O) groups is 5. The van der Waals surface area contributed by atoms with Crippen LogP contribution in [0.1, 0.15) is 103 Å². The van der Waals surface area contributed by atoms with Crippen LogP contribution in [0, 0.1) is 11.3 Å². The van der Waals surface area contributed by atoms with Gasteiger partial charge in [-0.15, -0.1) is 0 Å². The van der Waals surface area contributed by atoms with Gasteiger partial charge in [-0.3, -0.25) is 24.0 Å². The molecule has 2 fully saturated rings. The number of ketones is 1. The van der Waals surface area contributed by atoms with E-state index in [1.165, 1.54) is 17.6 Å². The minimum atomic E-state index is -1.12. The van der Waals surface area contributed by atoms with E-state index in [1.807, 2.05) is 39.8 Å². The number of hydrogen-bond acceptors (Lipinski definition) is 8. The van der Waals surface area contributed by atoms with Crippen molar-refractivity contribution in [3.05, 3.63) is 59.0 Å². The molecule has 3 heterocycles. The molecule has 5 rings (SSSR count). The summed E-state index contributed by atoms with van der Waals surface area (Å²) in [6, 6.07) is 7.44. The summed E-state index contributed by atoms with van der Waals surface area (Å²) in [6.45, 7) is 7.52. The van der Waals surface area contributed by atoms with E-state index in [4.69, 9.17) is 20.9 Å². The highest BCUT2D eigenvalue weighted by Gasteiger charge is 2.55. The zero-order valence-electron chi connectivity index (χ0n) is 30.0. The molecule has 1 aromatic carbocycles. The molecule has 1 saturated carbocycles. The Morgan fingerprint density at radius 2 is 1.82 bits per heavy atom. The number of nitrogens with zero attached hydrogens (tertiary/aromatic N) is 2.